The molecule has 3 atom stereocenters. The van der Waals surface area contributed by atoms with Crippen molar-refractivity contribution in [2.24, 2.45) is 11.8 Å². The molecular formula is C16H23FO2. The van der Waals surface area contributed by atoms with Crippen LogP contribution in [0.1, 0.15) is 38.7 Å². The summed E-state index contributed by atoms with van der Waals surface area (Å²) < 4.78 is 19.0. The van der Waals surface area contributed by atoms with E-state index in [1.54, 1.807) is 6.07 Å². The van der Waals surface area contributed by atoms with Crippen LogP contribution in [0.3, 0.4) is 0 Å². The molecule has 2 nitrogen and oxygen atoms in total. The summed E-state index contributed by atoms with van der Waals surface area (Å²) in [5, 5.41) is 10.1. The molecule has 1 aromatic carbocycles. The summed E-state index contributed by atoms with van der Waals surface area (Å²) in [6, 6.07) is 4.51. The van der Waals surface area contributed by atoms with E-state index in [1.807, 2.05) is 6.92 Å². The first-order valence-corrected chi connectivity index (χ1v) is 7.08. The van der Waals surface area contributed by atoms with Crippen molar-refractivity contribution in [1.29, 1.82) is 0 Å². The smallest absolute Gasteiger partial charge is 0.125 e. The van der Waals surface area contributed by atoms with Crippen molar-refractivity contribution >= 4 is 0 Å². The first-order valence-electron chi connectivity index (χ1n) is 7.08. The van der Waals surface area contributed by atoms with Crippen molar-refractivity contribution in [3.8, 4) is 5.75 Å². The van der Waals surface area contributed by atoms with Gasteiger partial charge in [0, 0.05) is 0 Å². The highest BCUT2D eigenvalue weighted by Gasteiger charge is 2.32. The van der Waals surface area contributed by atoms with E-state index in [4.69, 9.17) is 4.74 Å². The number of ether oxygens (including phenoxy) is 1. The number of hydrogen-bond donors (Lipinski definition) is 1. The van der Waals surface area contributed by atoms with Crippen LogP contribution in [0.15, 0.2) is 18.2 Å². The minimum atomic E-state index is -0.417. The third kappa shape index (κ3) is 3.47. The van der Waals surface area contributed by atoms with Crippen molar-refractivity contribution in [3.05, 3.63) is 29.6 Å². The van der Waals surface area contributed by atoms with Crippen LogP contribution in [0.4, 0.5) is 4.39 Å². The molecule has 0 aliphatic heterocycles. The van der Waals surface area contributed by atoms with Gasteiger partial charge in [-0.05, 0) is 61.8 Å². The Bertz CT molecular complexity index is 431. The number of hydrogen-bond acceptors (Lipinski definition) is 2. The van der Waals surface area contributed by atoms with Crippen LogP contribution >= 0.6 is 0 Å². The average molecular weight is 266 g/mol. The zero-order valence-electron chi connectivity index (χ0n) is 11.9. The van der Waals surface area contributed by atoms with Crippen LogP contribution < -0.4 is 4.74 Å². The first-order chi connectivity index (χ1) is 8.97. The van der Waals surface area contributed by atoms with Crippen LogP contribution in [0.5, 0.6) is 5.75 Å². The van der Waals surface area contributed by atoms with Crippen LogP contribution in [0, 0.1) is 24.6 Å². The summed E-state index contributed by atoms with van der Waals surface area (Å²) in [6.45, 7) is 6.25. The molecule has 0 radical (unpaired) electrons. The first kappa shape index (κ1) is 14.3. The zero-order valence-corrected chi connectivity index (χ0v) is 11.9. The van der Waals surface area contributed by atoms with Gasteiger partial charge >= 0.3 is 0 Å². The Kier molecular flexibility index (Phi) is 4.46. The molecule has 3 heteroatoms. The molecule has 0 heterocycles. The van der Waals surface area contributed by atoms with Gasteiger partial charge in [-0.25, -0.2) is 4.39 Å². The lowest BCUT2D eigenvalue weighted by Crippen LogP contribution is -2.39. The Hall–Kier alpha value is -1.09. The third-order valence-corrected chi connectivity index (χ3v) is 4.16. The van der Waals surface area contributed by atoms with Crippen LogP contribution in [-0.4, -0.2) is 17.3 Å². The van der Waals surface area contributed by atoms with Gasteiger partial charge in [0.15, 0.2) is 0 Å². The van der Waals surface area contributed by atoms with Gasteiger partial charge in [-0.1, -0.05) is 13.8 Å². The predicted octanol–water partition coefficient (Wildman–Crippen LogP) is 3.70. The molecule has 0 amide bonds. The molecule has 0 bridgehead atoms. The van der Waals surface area contributed by atoms with Gasteiger partial charge in [-0.2, -0.15) is 0 Å². The fraction of sp³-hybridized carbons (Fsp3) is 0.625. The minimum absolute atomic E-state index is 0.176. The van der Waals surface area contributed by atoms with E-state index in [-0.39, 0.29) is 11.9 Å². The maximum absolute atomic E-state index is 13.1. The summed E-state index contributed by atoms with van der Waals surface area (Å²) >= 11 is 0. The SMILES string of the molecule is Cc1cc(F)ccc1OC1CC(C(C)C)CCC1O. The topological polar surface area (TPSA) is 29.5 Å². The molecule has 1 saturated carbocycles. The summed E-state index contributed by atoms with van der Waals surface area (Å²) in [6.07, 6.45) is 2.12. The minimum Gasteiger partial charge on any atom is -0.487 e. The summed E-state index contributed by atoms with van der Waals surface area (Å²) in [5.41, 5.74) is 0.777. The quantitative estimate of drug-likeness (QED) is 0.904. The van der Waals surface area contributed by atoms with Crippen molar-refractivity contribution in [2.45, 2.75) is 52.2 Å². The van der Waals surface area contributed by atoms with Crippen LogP contribution in [-0.2, 0) is 0 Å². The molecule has 0 aromatic heterocycles. The molecule has 1 fully saturated rings. The second kappa shape index (κ2) is 5.91. The molecule has 19 heavy (non-hydrogen) atoms. The number of halogens is 1. The maximum Gasteiger partial charge on any atom is 0.125 e. The lowest BCUT2D eigenvalue weighted by molar-refractivity contribution is -0.0180. The largest absolute Gasteiger partial charge is 0.487 e. The number of aryl methyl sites for hydroxylation is 1. The number of benzene rings is 1. The monoisotopic (exact) mass is 266 g/mol. The van der Waals surface area contributed by atoms with E-state index in [1.165, 1.54) is 12.1 Å². The van der Waals surface area contributed by atoms with Gasteiger partial charge in [0.1, 0.15) is 17.7 Å². The fourth-order valence-electron chi connectivity index (χ4n) is 2.78. The number of rotatable bonds is 3. The molecule has 1 aromatic rings. The summed E-state index contributed by atoms with van der Waals surface area (Å²) in [7, 11) is 0. The van der Waals surface area contributed by atoms with Gasteiger partial charge < -0.3 is 9.84 Å². The van der Waals surface area contributed by atoms with E-state index in [9.17, 15) is 9.50 Å². The third-order valence-electron chi connectivity index (χ3n) is 4.16. The lowest BCUT2D eigenvalue weighted by atomic mass is 9.79. The van der Waals surface area contributed by atoms with Gasteiger partial charge in [0.25, 0.3) is 0 Å². The van der Waals surface area contributed by atoms with E-state index in [0.717, 1.165) is 24.8 Å². The molecule has 2 rings (SSSR count). The number of aliphatic hydroxyl groups excluding tert-OH is 1. The number of aliphatic hydroxyl groups is 1. The Morgan fingerprint density at radius 1 is 1.32 bits per heavy atom. The second-order valence-corrected chi connectivity index (χ2v) is 5.95. The van der Waals surface area contributed by atoms with Crippen molar-refractivity contribution < 1.29 is 14.2 Å². The van der Waals surface area contributed by atoms with Gasteiger partial charge in [0.2, 0.25) is 0 Å². The Morgan fingerprint density at radius 3 is 2.68 bits per heavy atom. The van der Waals surface area contributed by atoms with Crippen molar-refractivity contribution in [3.63, 3.8) is 0 Å². The standard InChI is InChI=1S/C16H23FO2/c1-10(2)12-4-6-14(18)16(9-12)19-15-7-5-13(17)8-11(15)3/h5,7-8,10,12,14,16,18H,4,6,9H2,1-3H3. The van der Waals surface area contributed by atoms with E-state index >= 15 is 0 Å². The van der Waals surface area contributed by atoms with Crippen molar-refractivity contribution in [1.82, 2.24) is 0 Å². The molecule has 3 unspecified atom stereocenters. The highest BCUT2D eigenvalue weighted by atomic mass is 19.1. The highest BCUT2D eigenvalue weighted by molar-refractivity contribution is 5.32. The zero-order chi connectivity index (χ0) is 14.0. The molecule has 1 aliphatic carbocycles. The molecule has 106 valence electrons. The van der Waals surface area contributed by atoms with Gasteiger partial charge in [-0.15, -0.1) is 0 Å². The van der Waals surface area contributed by atoms with Gasteiger partial charge in [0.05, 0.1) is 6.10 Å². The molecule has 1 aliphatic rings. The Labute approximate surface area is 114 Å². The van der Waals surface area contributed by atoms with E-state index in [2.05, 4.69) is 13.8 Å². The molecule has 1 N–H and O–H groups in total. The van der Waals surface area contributed by atoms with E-state index in [0.29, 0.717) is 17.6 Å². The van der Waals surface area contributed by atoms with Crippen LogP contribution in [0.2, 0.25) is 0 Å². The van der Waals surface area contributed by atoms with Crippen molar-refractivity contribution in [2.75, 3.05) is 0 Å². The second-order valence-electron chi connectivity index (χ2n) is 5.95. The normalized spacial score (nSPS) is 27.6. The fourth-order valence-corrected chi connectivity index (χ4v) is 2.78. The van der Waals surface area contributed by atoms with Gasteiger partial charge in [-0.3, -0.25) is 0 Å². The summed E-state index contributed by atoms with van der Waals surface area (Å²) in [5.74, 6) is 1.62. The Morgan fingerprint density at radius 2 is 2.05 bits per heavy atom. The molecule has 0 saturated heterocycles. The highest BCUT2D eigenvalue weighted by Crippen LogP contribution is 2.33. The summed E-state index contributed by atoms with van der Waals surface area (Å²) in [4.78, 5) is 0. The maximum atomic E-state index is 13.1. The van der Waals surface area contributed by atoms with Crippen LogP contribution in [0.25, 0.3) is 0 Å². The van der Waals surface area contributed by atoms with E-state index < -0.39 is 6.10 Å². The molecular weight excluding hydrogens is 243 g/mol. The molecule has 0 spiro atoms. The lowest BCUT2D eigenvalue weighted by Gasteiger charge is -2.35. The predicted molar refractivity (Wildman–Crippen MR) is 73.7 cm³/mol. The Balaban J connectivity index is 2.07. The average Bonchev–Trinajstić information content (AvgIpc) is 2.34.